The maximum absolute atomic E-state index is 13.0. The van der Waals surface area contributed by atoms with Crippen LogP contribution in [0.4, 0.5) is 5.69 Å². The van der Waals surface area contributed by atoms with E-state index < -0.39 is 15.9 Å². The zero-order chi connectivity index (χ0) is 31.1. The van der Waals surface area contributed by atoms with Crippen LogP contribution in [0.15, 0.2) is 82.8 Å². The maximum Gasteiger partial charge on any atom is 0.251 e. The number of anilines is 1. The van der Waals surface area contributed by atoms with Crippen LogP contribution in [0, 0.1) is 0 Å². The molecule has 0 atom stereocenters. The monoisotopic (exact) mass is 656 g/mol. The number of benzene rings is 3. The number of halogens is 1. The lowest BCUT2D eigenvalue weighted by Crippen LogP contribution is -2.40. The van der Waals surface area contributed by atoms with Gasteiger partial charge in [-0.1, -0.05) is 29.4 Å². The minimum Gasteiger partial charge on any atom is -0.497 e. The van der Waals surface area contributed by atoms with Crippen molar-refractivity contribution in [2.24, 2.45) is 0 Å². The predicted molar refractivity (Wildman–Crippen MR) is 166 cm³/mol. The highest BCUT2D eigenvalue weighted by Gasteiger charge is 2.26. The van der Waals surface area contributed by atoms with E-state index in [1.54, 1.807) is 54.1 Å². The second kappa shape index (κ2) is 14.2. The van der Waals surface area contributed by atoms with Gasteiger partial charge in [0.15, 0.2) is 11.0 Å². The van der Waals surface area contributed by atoms with Gasteiger partial charge in [0.05, 0.1) is 43.2 Å². The lowest BCUT2D eigenvalue weighted by Gasteiger charge is -2.26. The molecule has 4 aromatic rings. The number of ether oxygens (including phenoxy) is 2. The van der Waals surface area contributed by atoms with Crippen LogP contribution in [-0.2, 0) is 26.1 Å². The molecule has 1 fully saturated rings. The van der Waals surface area contributed by atoms with Gasteiger partial charge < -0.3 is 20.1 Å². The third kappa shape index (κ3) is 7.57. The van der Waals surface area contributed by atoms with Gasteiger partial charge in [-0.2, -0.15) is 4.31 Å². The van der Waals surface area contributed by atoms with Crippen molar-refractivity contribution in [3.8, 4) is 11.4 Å². The molecule has 15 heteroatoms. The van der Waals surface area contributed by atoms with Gasteiger partial charge in [-0.05, 0) is 66.7 Å². The normalized spacial score (nSPS) is 13.8. The molecule has 2 heterocycles. The molecule has 230 valence electrons. The Bertz CT molecular complexity index is 1730. The summed E-state index contributed by atoms with van der Waals surface area (Å²) in [6.07, 6.45) is 0. The number of rotatable bonds is 11. The second-order valence-corrected chi connectivity index (χ2v) is 12.8. The standard InChI is InChI=1S/C29H29ClN6O6S2/c1-41-24-9-7-22(8-10-24)32-27(37)19-43-29-34-33-26(36(29)23-4-2-3-21(30)17-23)18-31-28(38)20-5-11-25(12-6-20)44(39,40)35-13-15-42-16-14-35/h2-12,17H,13-16,18-19H2,1H3,(H,31,38)(H,32,37). The van der Waals surface area contributed by atoms with E-state index in [0.29, 0.717) is 46.3 Å². The Kier molecular flexibility index (Phi) is 10.2. The molecule has 2 amide bonds. The number of carbonyl (C=O) groups is 2. The van der Waals surface area contributed by atoms with Crippen molar-refractivity contribution < 1.29 is 27.5 Å². The Morgan fingerprint density at radius 2 is 1.75 bits per heavy atom. The number of morpholine rings is 1. The minimum atomic E-state index is -3.68. The van der Waals surface area contributed by atoms with Gasteiger partial charge >= 0.3 is 0 Å². The fraction of sp³-hybridized carbons (Fsp3) is 0.241. The highest BCUT2D eigenvalue weighted by atomic mass is 35.5. The average Bonchev–Trinajstić information content (AvgIpc) is 3.46. The number of nitrogens with one attached hydrogen (secondary N) is 2. The largest absolute Gasteiger partial charge is 0.497 e. The minimum absolute atomic E-state index is 0.00474. The lowest BCUT2D eigenvalue weighted by atomic mass is 10.2. The lowest BCUT2D eigenvalue weighted by molar-refractivity contribution is -0.113. The Hall–Kier alpha value is -3.95. The molecule has 1 aromatic heterocycles. The second-order valence-electron chi connectivity index (χ2n) is 9.50. The fourth-order valence-electron chi connectivity index (χ4n) is 4.36. The van der Waals surface area contributed by atoms with Crippen molar-refractivity contribution in [3.05, 3.63) is 89.2 Å². The van der Waals surface area contributed by atoms with E-state index in [1.807, 2.05) is 6.07 Å². The molecule has 44 heavy (non-hydrogen) atoms. The number of sulfonamides is 1. The average molecular weight is 657 g/mol. The fourth-order valence-corrected chi connectivity index (χ4v) is 6.72. The van der Waals surface area contributed by atoms with Gasteiger partial charge in [-0.15, -0.1) is 10.2 Å². The van der Waals surface area contributed by atoms with Crippen LogP contribution >= 0.6 is 23.4 Å². The maximum atomic E-state index is 13.0. The summed E-state index contributed by atoms with van der Waals surface area (Å²) in [5.74, 6) is 0.478. The molecule has 2 N–H and O–H groups in total. The molecule has 1 aliphatic heterocycles. The molecule has 0 spiro atoms. The van der Waals surface area contributed by atoms with Crippen LogP contribution in [0.25, 0.3) is 5.69 Å². The van der Waals surface area contributed by atoms with Crippen molar-refractivity contribution in [2.75, 3.05) is 44.5 Å². The Labute approximate surface area is 263 Å². The third-order valence-corrected chi connectivity index (χ3v) is 9.68. The van der Waals surface area contributed by atoms with Crippen molar-refractivity contribution in [1.82, 2.24) is 24.4 Å². The van der Waals surface area contributed by atoms with Crippen LogP contribution in [-0.4, -0.2) is 78.5 Å². The highest BCUT2D eigenvalue weighted by Crippen LogP contribution is 2.25. The summed E-state index contributed by atoms with van der Waals surface area (Å²) in [5, 5.41) is 15.1. The van der Waals surface area contributed by atoms with E-state index >= 15 is 0 Å². The summed E-state index contributed by atoms with van der Waals surface area (Å²) >= 11 is 7.43. The van der Waals surface area contributed by atoms with Gasteiger partial charge in [0.2, 0.25) is 15.9 Å². The number of nitrogens with zero attached hydrogens (tertiary/aromatic N) is 4. The number of hydrogen-bond donors (Lipinski definition) is 2. The molecule has 5 rings (SSSR count). The molecular formula is C29H29ClN6O6S2. The van der Waals surface area contributed by atoms with E-state index in [2.05, 4.69) is 20.8 Å². The summed E-state index contributed by atoms with van der Waals surface area (Å²) in [6, 6.07) is 19.8. The summed E-state index contributed by atoms with van der Waals surface area (Å²) < 4.78 is 39.3. The molecule has 12 nitrogen and oxygen atoms in total. The molecule has 1 aliphatic rings. The SMILES string of the molecule is COc1ccc(NC(=O)CSc2nnc(CNC(=O)c3ccc(S(=O)(=O)N4CCOCC4)cc3)n2-c2cccc(Cl)c2)cc1. The van der Waals surface area contributed by atoms with Crippen molar-refractivity contribution in [1.29, 1.82) is 0 Å². The molecular weight excluding hydrogens is 628 g/mol. The van der Waals surface area contributed by atoms with E-state index in [0.717, 1.165) is 0 Å². The summed E-state index contributed by atoms with van der Waals surface area (Å²) in [4.78, 5) is 25.7. The Morgan fingerprint density at radius 1 is 1.02 bits per heavy atom. The zero-order valence-electron chi connectivity index (χ0n) is 23.6. The number of amides is 2. The first kappa shape index (κ1) is 31.5. The molecule has 0 radical (unpaired) electrons. The predicted octanol–water partition coefficient (Wildman–Crippen LogP) is 3.61. The van der Waals surface area contributed by atoms with Crippen molar-refractivity contribution in [2.45, 2.75) is 16.6 Å². The molecule has 1 saturated heterocycles. The number of hydrogen-bond acceptors (Lipinski definition) is 9. The van der Waals surface area contributed by atoms with Gasteiger partial charge in [-0.3, -0.25) is 14.2 Å². The first-order valence-electron chi connectivity index (χ1n) is 13.5. The van der Waals surface area contributed by atoms with Gasteiger partial charge in [0.25, 0.3) is 5.91 Å². The summed E-state index contributed by atoms with van der Waals surface area (Å²) in [5.41, 5.74) is 1.56. The number of aromatic nitrogens is 3. The Morgan fingerprint density at radius 3 is 2.43 bits per heavy atom. The molecule has 0 saturated carbocycles. The first-order chi connectivity index (χ1) is 21.2. The van der Waals surface area contributed by atoms with Crippen LogP contribution < -0.4 is 15.4 Å². The van der Waals surface area contributed by atoms with Crippen LogP contribution in [0.2, 0.25) is 5.02 Å². The topological polar surface area (TPSA) is 145 Å². The smallest absolute Gasteiger partial charge is 0.251 e. The Balaban J connectivity index is 1.26. The third-order valence-electron chi connectivity index (χ3n) is 6.60. The van der Waals surface area contributed by atoms with Gasteiger partial charge in [0.1, 0.15) is 5.75 Å². The van der Waals surface area contributed by atoms with Crippen molar-refractivity contribution in [3.63, 3.8) is 0 Å². The number of thioether (sulfide) groups is 1. The zero-order valence-corrected chi connectivity index (χ0v) is 26.0. The molecule has 0 aliphatic carbocycles. The van der Waals surface area contributed by atoms with Crippen LogP contribution in [0.1, 0.15) is 16.2 Å². The first-order valence-corrected chi connectivity index (χ1v) is 16.3. The van der Waals surface area contributed by atoms with Crippen LogP contribution in [0.3, 0.4) is 0 Å². The molecule has 0 bridgehead atoms. The quantitative estimate of drug-likeness (QED) is 0.231. The van der Waals surface area contributed by atoms with Gasteiger partial charge in [0, 0.05) is 29.4 Å². The highest BCUT2D eigenvalue weighted by molar-refractivity contribution is 7.99. The van der Waals surface area contributed by atoms with E-state index in [1.165, 1.54) is 40.3 Å². The van der Waals surface area contributed by atoms with E-state index in [9.17, 15) is 18.0 Å². The van der Waals surface area contributed by atoms with E-state index in [-0.39, 0.29) is 41.8 Å². The number of carbonyl (C=O) groups excluding carboxylic acids is 2. The summed E-state index contributed by atoms with van der Waals surface area (Å²) in [7, 11) is -2.11. The number of methoxy groups -OCH3 is 1. The molecule has 3 aromatic carbocycles. The van der Waals surface area contributed by atoms with Gasteiger partial charge in [-0.25, -0.2) is 8.42 Å². The van der Waals surface area contributed by atoms with E-state index in [4.69, 9.17) is 21.1 Å². The van der Waals surface area contributed by atoms with Crippen LogP contribution in [0.5, 0.6) is 5.75 Å². The van der Waals surface area contributed by atoms with Crippen molar-refractivity contribution >= 4 is 50.9 Å². The molecule has 0 unspecified atom stereocenters. The summed E-state index contributed by atoms with van der Waals surface area (Å²) in [6.45, 7) is 1.26.